The van der Waals surface area contributed by atoms with Crippen LogP contribution in [0.4, 0.5) is 5.82 Å². The van der Waals surface area contributed by atoms with Crippen molar-refractivity contribution in [1.29, 1.82) is 0 Å². The van der Waals surface area contributed by atoms with Crippen LogP contribution in [-0.4, -0.2) is 36.8 Å². The lowest BCUT2D eigenvalue weighted by Crippen LogP contribution is -2.31. The quantitative estimate of drug-likeness (QED) is 0.905. The summed E-state index contributed by atoms with van der Waals surface area (Å²) >= 11 is 0. The molecule has 2 atom stereocenters. The van der Waals surface area contributed by atoms with Gasteiger partial charge < -0.3 is 15.4 Å². The number of hydrogen-bond acceptors (Lipinski definition) is 4. The van der Waals surface area contributed by atoms with Crippen molar-refractivity contribution in [3.8, 4) is 0 Å². The van der Waals surface area contributed by atoms with Gasteiger partial charge in [-0.1, -0.05) is 6.07 Å². The van der Waals surface area contributed by atoms with Crippen LogP contribution in [0.25, 0.3) is 0 Å². The molecule has 0 spiro atoms. The van der Waals surface area contributed by atoms with Crippen LogP contribution in [0.2, 0.25) is 0 Å². The van der Waals surface area contributed by atoms with Crippen molar-refractivity contribution in [2.45, 2.75) is 45.8 Å². The molecule has 0 aromatic carbocycles. The lowest BCUT2D eigenvalue weighted by atomic mass is 10.1. The minimum Gasteiger partial charge on any atom is -0.377 e. The number of aromatic nitrogens is 1. The zero-order chi connectivity index (χ0) is 13.8. The van der Waals surface area contributed by atoms with Crippen molar-refractivity contribution in [3.05, 3.63) is 23.4 Å². The second-order valence-electron chi connectivity index (χ2n) is 5.65. The molecule has 0 bridgehead atoms. The maximum absolute atomic E-state index is 5.84. The number of nitrogens with zero attached hydrogens (tertiary/aromatic N) is 2. The first kappa shape index (κ1) is 14.3. The number of aryl methyl sites for hydroxylation is 1. The largest absolute Gasteiger partial charge is 0.377 e. The molecule has 4 heteroatoms. The molecule has 19 heavy (non-hydrogen) atoms. The molecule has 0 radical (unpaired) electrons. The van der Waals surface area contributed by atoms with Gasteiger partial charge in [-0.05, 0) is 44.7 Å². The van der Waals surface area contributed by atoms with Crippen LogP contribution in [0, 0.1) is 6.92 Å². The van der Waals surface area contributed by atoms with Gasteiger partial charge in [0.1, 0.15) is 5.82 Å². The molecule has 1 aliphatic heterocycles. The van der Waals surface area contributed by atoms with Gasteiger partial charge in [0.2, 0.25) is 0 Å². The molecule has 106 valence electrons. The van der Waals surface area contributed by atoms with Gasteiger partial charge in [0, 0.05) is 31.9 Å². The van der Waals surface area contributed by atoms with Crippen LogP contribution in [0.1, 0.15) is 31.4 Å². The predicted octanol–water partition coefficient (Wildman–Crippen LogP) is 1.89. The van der Waals surface area contributed by atoms with E-state index in [0.29, 0.717) is 0 Å². The van der Waals surface area contributed by atoms with Gasteiger partial charge in [0.25, 0.3) is 0 Å². The summed E-state index contributed by atoms with van der Waals surface area (Å²) in [6.45, 7) is 9.06. The van der Waals surface area contributed by atoms with Crippen molar-refractivity contribution in [2.24, 2.45) is 5.73 Å². The molecule has 2 heterocycles. The van der Waals surface area contributed by atoms with E-state index >= 15 is 0 Å². The molecule has 4 nitrogen and oxygen atoms in total. The zero-order valence-electron chi connectivity index (χ0n) is 12.2. The molecule has 2 rings (SSSR count). The Labute approximate surface area is 116 Å². The Morgan fingerprint density at radius 3 is 3.05 bits per heavy atom. The first-order valence-corrected chi connectivity index (χ1v) is 7.14. The Hall–Kier alpha value is -1.13. The highest BCUT2D eigenvalue weighted by molar-refractivity contribution is 5.47. The number of hydrogen-bond donors (Lipinski definition) is 1. The van der Waals surface area contributed by atoms with E-state index in [-0.39, 0.29) is 12.1 Å². The average molecular weight is 263 g/mol. The van der Waals surface area contributed by atoms with Crippen molar-refractivity contribution in [2.75, 3.05) is 24.6 Å². The van der Waals surface area contributed by atoms with Crippen LogP contribution in [0.3, 0.4) is 0 Å². The van der Waals surface area contributed by atoms with Crippen LogP contribution in [0.15, 0.2) is 12.3 Å². The van der Waals surface area contributed by atoms with E-state index in [1.165, 1.54) is 11.1 Å². The van der Waals surface area contributed by atoms with Gasteiger partial charge in [-0.2, -0.15) is 0 Å². The van der Waals surface area contributed by atoms with E-state index in [1.807, 2.05) is 13.1 Å². The standard InChI is InChI=1S/C15H25N3O/c1-11-7-14(8-12(2)16)9-17-15(11)18-5-4-6-19-13(3)10-18/h7,9,12-13H,4-6,8,10,16H2,1-3H3. The highest BCUT2D eigenvalue weighted by atomic mass is 16.5. The van der Waals surface area contributed by atoms with E-state index in [2.05, 4.69) is 29.8 Å². The third kappa shape index (κ3) is 3.91. The minimum absolute atomic E-state index is 0.179. The van der Waals surface area contributed by atoms with Gasteiger partial charge in [-0.15, -0.1) is 0 Å². The summed E-state index contributed by atoms with van der Waals surface area (Å²) in [5.41, 5.74) is 8.29. The summed E-state index contributed by atoms with van der Waals surface area (Å²) in [5.74, 6) is 1.09. The van der Waals surface area contributed by atoms with Crippen molar-refractivity contribution in [1.82, 2.24) is 4.98 Å². The van der Waals surface area contributed by atoms with Crippen molar-refractivity contribution in [3.63, 3.8) is 0 Å². The van der Waals surface area contributed by atoms with Crippen LogP contribution in [-0.2, 0) is 11.2 Å². The SMILES string of the molecule is Cc1cc(CC(C)N)cnc1N1CCCOC(C)C1. The number of nitrogens with two attached hydrogens (primary N) is 1. The van der Waals surface area contributed by atoms with E-state index in [0.717, 1.165) is 38.4 Å². The topological polar surface area (TPSA) is 51.4 Å². The maximum Gasteiger partial charge on any atom is 0.131 e. The average Bonchev–Trinajstić information content (AvgIpc) is 2.53. The maximum atomic E-state index is 5.84. The highest BCUT2D eigenvalue weighted by Gasteiger charge is 2.18. The molecule has 1 fully saturated rings. The Morgan fingerprint density at radius 2 is 2.37 bits per heavy atom. The fourth-order valence-electron chi connectivity index (χ4n) is 2.63. The number of pyridine rings is 1. The number of anilines is 1. The lowest BCUT2D eigenvalue weighted by Gasteiger charge is -2.25. The summed E-state index contributed by atoms with van der Waals surface area (Å²) < 4.78 is 5.68. The Morgan fingerprint density at radius 1 is 1.58 bits per heavy atom. The van der Waals surface area contributed by atoms with Crippen LogP contribution in [0.5, 0.6) is 0 Å². The molecule has 1 aromatic heterocycles. The summed E-state index contributed by atoms with van der Waals surface area (Å²) in [6.07, 6.45) is 4.18. The predicted molar refractivity (Wildman–Crippen MR) is 78.6 cm³/mol. The molecule has 0 saturated carbocycles. The molecule has 0 aliphatic carbocycles. The smallest absolute Gasteiger partial charge is 0.131 e. The molecule has 0 amide bonds. The highest BCUT2D eigenvalue weighted by Crippen LogP contribution is 2.21. The Bertz CT molecular complexity index is 420. The van der Waals surface area contributed by atoms with Gasteiger partial charge in [-0.25, -0.2) is 4.98 Å². The molecule has 2 N–H and O–H groups in total. The van der Waals surface area contributed by atoms with Crippen molar-refractivity contribution >= 4 is 5.82 Å². The van der Waals surface area contributed by atoms with Gasteiger partial charge in [0.05, 0.1) is 6.10 Å². The monoisotopic (exact) mass is 263 g/mol. The van der Waals surface area contributed by atoms with E-state index < -0.39 is 0 Å². The molecule has 2 unspecified atom stereocenters. The lowest BCUT2D eigenvalue weighted by molar-refractivity contribution is 0.0820. The molecular weight excluding hydrogens is 238 g/mol. The summed E-state index contributed by atoms with van der Waals surface area (Å²) in [7, 11) is 0. The number of rotatable bonds is 3. The minimum atomic E-state index is 0.179. The van der Waals surface area contributed by atoms with Crippen LogP contribution >= 0.6 is 0 Å². The third-order valence-corrected chi connectivity index (χ3v) is 3.42. The Kier molecular flexibility index (Phi) is 4.77. The van der Waals surface area contributed by atoms with Gasteiger partial charge in [-0.3, -0.25) is 0 Å². The fraction of sp³-hybridized carbons (Fsp3) is 0.667. The second-order valence-corrected chi connectivity index (χ2v) is 5.65. The summed E-state index contributed by atoms with van der Waals surface area (Å²) in [6, 6.07) is 2.39. The molecular formula is C15H25N3O. The fourth-order valence-corrected chi connectivity index (χ4v) is 2.63. The van der Waals surface area contributed by atoms with E-state index in [4.69, 9.17) is 10.5 Å². The van der Waals surface area contributed by atoms with E-state index in [9.17, 15) is 0 Å². The first-order chi connectivity index (χ1) is 9.06. The number of ether oxygens (including phenoxy) is 1. The Balaban J connectivity index is 2.15. The van der Waals surface area contributed by atoms with Gasteiger partial charge in [0.15, 0.2) is 0 Å². The zero-order valence-corrected chi connectivity index (χ0v) is 12.2. The van der Waals surface area contributed by atoms with E-state index in [1.54, 1.807) is 0 Å². The van der Waals surface area contributed by atoms with Gasteiger partial charge >= 0.3 is 0 Å². The first-order valence-electron chi connectivity index (χ1n) is 7.14. The summed E-state index contributed by atoms with van der Waals surface area (Å²) in [5, 5.41) is 0. The molecule has 1 aromatic rings. The van der Waals surface area contributed by atoms with Crippen LogP contribution < -0.4 is 10.6 Å². The summed E-state index contributed by atoms with van der Waals surface area (Å²) in [4.78, 5) is 6.98. The second kappa shape index (κ2) is 6.35. The molecule has 1 aliphatic rings. The normalized spacial score (nSPS) is 22.1. The van der Waals surface area contributed by atoms with Crippen molar-refractivity contribution < 1.29 is 4.74 Å². The third-order valence-electron chi connectivity index (χ3n) is 3.42. The molecule has 1 saturated heterocycles.